The molecule has 2 rings (SSSR count). The molecule has 0 bridgehead atoms. The van der Waals surface area contributed by atoms with Crippen LogP contribution in [0.2, 0.25) is 5.02 Å². The van der Waals surface area contributed by atoms with Gasteiger partial charge in [0.2, 0.25) is 5.91 Å². The molecule has 1 aromatic heterocycles. The van der Waals surface area contributed by atoms with Crippen molar-refractivity contribution < 1.29 is 9.59 Å². The lowest BCUT2D eigenvalue weighted by Gasteiger charge is -2.16. The highest BCUT2D eigenvalue weighted by molar-refractivity contribution is 7.12. The van der Waals surface area contributed by atoms with E-state index in [1.165, 1.54) is 4.90 Å². The molecule has 0 atom stereocenters. The van der Waals surface area contributed by atoms with Gasteiger partial charge in [0.05, 0.1) is 12.1 Å². The number of nitrogens with zero attached hydrogens (tertiary/aromatic N) is 1. The van der Waals surface area contributed by atoms with Gasteiger partial charge in [0.1, 0.15) is 0 Å². The number of halogens is 1. The summed E-state index contributed by atoms with van der Waals surface area (Å²) in [7, 11) is 1.62. The number of carbonyl (C=O) groups is 2. The van der Waals surface area contributed by atoms with Gasteiger partial charge in [-0.3, -0.25) is 9.59 Å². The maximum Gasteiger partial charge on any atom is 0.255 e. The molecule has 0 aliphatic heterocycles. The predicted molar refractivity (Wildman–Crippen MR) is 90.8 cm³/mol. The van der Waals surface area contributed by atoms with E-state index in [9.17, 15) is 9.59 Å². The number of thiophene rings is 1. The first-order valence-corrected chi connectivity index (χ1v) is 7.94. The summed E-state index contributed by atoms with van der Waals surface area (Å²) in [6.07, 6.45) is 0. The van der Waals surface area contributed by atoms with Gasteiger partial charge in [0.25, 0.3) is 5.91 Å². The maximum atomic E-state index is 12.3. The minimum Gasteiger partial charge on any atom is -0.332 e. The van der Waals surface area contributed by atoms with Crippen LogP contribution in [0.5, 0.6) is 0 Å². The quantitative estimate of drug-likeness (QED) is 0.924. The van der Waals surface area contributed by atoms with Crippen LogP contribution < -0.4 is 5.32 Å². The van der Waals surface area contributed by atoms with E-state index in [0.29, 0.717) is 16.3 Å². The zero-order chi connectivity index (χ0) is 16.3. The van der Waals surface area contributed by atoms with Crippen LogP contribution in [0.4, 0.5) is 5.69 Å². The average Bonchev–Trinajstić information content (AvgIpc) is 2.79. The summed E-state index contributed by atoms with van der Waals surface area (Å²) in [5.74, 6) is -0.393. The second-order valence-electron chi connectivity index (χ2n) is 5.04. The fourth-order valence-electron chi connectivity index (χ4n) is 2.07. The number of aryl methyl sites for hydroxylation is 2. The van der Waals surface area contributed by atoms with Crippen LogP contribution in [-0.4, -0.2) is 30.3 Å². The molecule has 1 N–H and O–H groups in total. The number of carbonyl (C=O) groups excluding carboxylic acids is 2. The number of rotatable bonds is 4. The first-order valence-electron chi connectivity index (χ1n) is 6.74. The van der Waals surface area contributed by atoms with Crippen molar-refractivity contribution in [3.63, 3.8) is 0 Å². The molecule has 0 fully saturated rings. The standard InChI is InChI=1S/C16H17ClN2O2S/c1-10-8-14(11(2)22-10)16(21)19(3)9-15(20)18-13-6-4-12(17)5-7-13/h4-8H,9H2,1-3H3,(H,18,20). The molecule has 0 saturated carbocycles. The van der Waals surface area contributed by atoms with Crippen molar-refractivity contribution in [2.45, 2.75) is 13.8 Å². The largest absolute Gasteiger partial charge is 0.332 e. The molecule has 2 aromatic rings. The van der Waals surface area contributed by atoms with Gasteiger partial charge in [-0.25, -0.2) is 0 Å². The van der Waals surface area contributed by atoms with Gasteiger partial charge < -0.3 is 10.2 Å². The SMILES string of the molecule is Cc1cc(C(=O)N(C)CC(=O)Nc2ccc(Cl)cc2)c(C)s1. The van der Waals surface area contributed by atoms with Gasteiger partial charge in [-0.2, -0.15) is 0 Å². The molecule has 0 unspecified atom stereocenters. The van der Waals surface area contributed by atoms with Gasteiger partial charge in [-0.1, -0.05) is 11.6 Å². The van der Waals surface area contributed by atoms with Crippen LogP contribution in [0, 0.1) is 13.8 Å². The summed E-state index contributed by atoms with van der Waals surface area (Å²) < 4.78 is 0. The van der Waals surface area contributed by atoms with E-state index in [2.05, 4.69) is 5.32 Å². The van der Waals surface area contributed by atoms with Gasteiger partial charge in [-0.15, -0.1) is 11.3 Å². The first-order chi connectivity index (χ1) is 10.4. The highest BCUT2D eigenvalue weighted by atomic mass is 35.5. The zero-order valence-electron chi connectivity index (χ0n) is 12.6. The lowest BCUT2D eigenvalue weighted by molar-refractivity contribution is -0.116. The number of amides is 2. The Kier molecular flexibility index (Phi) is 5.21. The lowest BCUT2D eigenvalue weighted by Crippen LogP contribution is -2.35. The Morgan fingerprint density at radius 3 is 2.41 bits per heavy atom. The fraction of sp³-hybridized carbons (Fsp3) is 0.250. The molecule has 0 spiro atoms. The van der Waals surface area contributed by atoms with E-state index in [0.717, 1.165) is 9.75 Å². The van der Waals surface area contributed by atoms with Gasteiger partial charge in [-0.05, 0) is 44.2 Å². The van der Waals surface area contributed by atoms with Gasteiger partial charge in [0.15, 0.2) is 0 Å². The Hall–Kier alpha value is -1.85. The number of nitrogens with one attached hydrogen (secondary N) is 1. The second-order valence-corrected chi connectivity index (χ2v) is 6.94. The second kappa shape index (κ2) is 6.94. The van der Waals surface area contributed by atoms with E-state index >= 15 is 0 Å². The summed E-state index contributed by atoms with van der Waals surface area (Å²) >= 11 is 7.37. The average molecular weight is 337 g/mol. The monoisotopic (exact) mass is 336 g/mol. The molecular weight excluding hydrogens is 320 g/mol. The normalized spacial score (nSPS) is 10.4. The molecule has 1 aromatic carbocycles. The topological polar surface area (TPSA) is 49.4 Å². The molecule has 0 saturated heterocycles. The van der Waals surface area contributed by atoms with Crippen LogP contribution >= 0.6 is 22.9 Å². The summed E-state index contributed by atoms with van der Waals surface area (Å²) in [4.78, 5) is 27.8. The van der Waals surface area contributed by atoms with Gasteiger partial charge in [0, 0.05) is 27.5 Å². The highest BCUT2D eigenvalue weighted by Crippen LogP contribution is 2.21. The highest BCUT2D eigenvalue weighted by Gasteiger charge is 2.18. The van der Waals surface area contributed by atoms with Crippen LogP contribution in [0.25, 0.3) is 0 Å². The summed E-state index contributed by atoms with van der Waals surface area (Å²) in [6.45, 7) is 3.87. The van der Waals surface area contributed by atoms with Crippen molar-refractivity contribution in [3.8, 4) is 0 Å². The van der Waals surface area contributed by atoms with E-state index in [4.69, 9.17) is 11.6 Å². The van der Waals surface area contributed by atoms with E-state index in [-0.39, 0.29) is 18.4 Å². The fourth-order valence-corrected chi connectivity index (χ4v) is 3.11. The van der Waals surface area contributed by atoms with Gasteiger partial charge >= 0.3 is 0 Å². The van der Waals surface area contributed by atoms with Crippen molar-refractivity contribution in [3.05, 3.63) is 50.7 Å². The molecule has 116 valence electrons. The predicted octanol–water partition coefficient (Wildman–Crippen LogP) is 3.73. The van der Waals surface area contributed by atoms with Crippen LogP contribution in [0.1, 0.15) is 20.1 Å². The summed E-state index contributed by atoms with van der Waals surface area (Å²) in [5, 5.41) is 3.34. The molecule has 2 amide bonds. The molecule has 1 heterocycles. The number of hydrogen-bond donors (Lipinski definition) is 1. The molecule has 22 heavy (non-hydrogen) atoms. The molecule has 0 aliphatic carbocycles. The molecule has 0 radical (unpaired) electrons. The Morgan fingerprint density at radius 2 is 1.86 bits per heavy atom. The van der Waals surface area contributed by atoms with E-state index in [1.807, 2.05) is 19.9 Å². The zero-order valence-corrected chi connectivity index (χ0v) is 14.2. The minimum absolute atomic E-state index is 0.00417. The van der Waals surface area contributed by atoms with Crippen molar-refractivity contribution in [2.24, 2.45) is 0 Å². The van der Waals surface area contributed by atoms with E-state index < -0.39 is 0 Å². The van der Waals surface area contributed by atoms with Crippen LogP contribution in [-0.2, 0) is 4.79 Å². The van der Waals surface area contributed by atoms with Crippen molar-refractivity contribution in [2.75, 3.05) is 18.9 Å². The third kappa shape index (κ3) is 4.08. The van der Waals surface area contributed by atoms with Crippen LogP contribution in [0.3, 0.4) is 0 Å². The number of anilines is 1. The van der Waals surface area contributed by atoms with Crippen molar-refractivity contribution in [1.29, 1.82) is 0 Å². The number of benzene rings is 1. The Bertz CT molecular complexity index is 695. The van der Waals surface area contributed by atoms with Crippen molar-refractivity contribution >= 4 is 40.4 Å². The third-order valence-corrected chi connectivity index (χ3v) is 4.34. The molecular formula is C16H17ClN2O2S. The summed E-state index contributed by atoms with van der Waals surface area (Å²) in [5.41, 5.74) is 1.31. The maximum absolute atomic E-state index is 12.3. The van der Waals surface area contributed by atoms with E-state index in [1.54, 1.807) is 42.6 Å². The summed E-state index contributed by atoms with van der Waals surface area (Å²) in [6, 6.07) is 8.69. The van der Waals surface area contributed by atoms with Crippen molar-refractivity contribution in [1.82, 2.24) is 4.90 Å². The lowest BCUT2D eigenvalue weighted by atomic mass is 10.2. The Balaban J connectivity index is 1.97. The number of likely N-dealkylation sites (N-methyl/N-ethyl adjacent to an activating group) is 1. The Labute approximate surface area is 138 Å². The Morgan fingerprint density at radius 1 is 1.23 bits per heavy atom. The van der Waals surface area contributed by atoms with Crippen LogP contribution in [0.15, 0.2) is 30.3 Å². The molecule has 4 nitrogen and oxygen atoms in total. The first kappa shape index (κ1) is 16.5. The minimum atomic E-state index is -0.247. The third-order valence-electron chi connectivity index (χ3n) is 3.13. The molecule has 0 aliphatic rings. The molecule has 6 heteroatoms. The number of hydrogen-bond acceptors (Lipinski definition) is 3. The smallest absolute Gasteiger partial charge is 0.255 e.